The fourth-order valence-electron chi connectivity index (χ4n) is 5.22. The molecule has 2 aromatic heterocycles. The number of amides is 5. The van der Waals surface area contributed by atoms with Crippen LogP contribution in [0.5, 0.6) is 0 Å². The summed E-state index contributed by atoms with van der Waals surface area (Å²) < 4.78 is 0. The Morgan fingerprint density at radius 1 is 1.05 bits per heavy atom. The Hall–Kier alpha value is -4.30. The summed E-state index contributed by atoms with van der Waals surface area (Å²) in [5.74, 6) is -0.221. The van der Waals surface area contributed by atoms with Gasteiger partial charge in [0.15, 0.2) is 5.13 Å². The Labute approximate surface area is 224 Å². The highest BCUT2D eigenvalue weighted by Gasteiger charge is 2.55. The number of thiazole rings is 1. The van der Waals surface area contributed by atoms with E-state index < -0.39 is 5.54 Å². The van der Waals surface area contributed by atoms with Crippen molar-refractivity contribution in [1.29, 1.82) is 5.26 Å². The summed E-state index contributed by atoms with van der Waals surface area (Å²) in [5, 5.41) is 12.7. The maximum Gasteiger partial charge on any atom is 0.327 e. The molecule has 4 heterocycles. The zero-order valence-electron chi connectivity index (χ0n) is 21.6. The fraction of sp³-hybridized carbons (Fsp3) is 0.333. The van der Waals surface area contributed by atoms with E-state index in [-0.39, 0.29) is 18.0 Å². The highest BCUT2D eigenvalue weighted by molar-refractivity contribution is 7.19. The first-order valence-electron chi connectivity index (χ1n) is 12.2. The number of likely N-dealkylation sites (N-methyl/N-ethyl adjacent to an activating group) is 2. The van der Waals surface area contributed by atoms with Crippen molar-refractivity contribution in [2.75, 3.05) is 32.5 Å². The van der Waals surface area contributed by atoms with Crippen LogP contribution in [-0.4, -0.2) is 75.4 Å². The first-order valence-corrected chi connectivity index (χ1v) is 13.0. The monoisotopic (exact) mass is 529 g/mol. The summed E-state index contributed by atoms with van der Waals surface area (Å²) in [5.41, 5.74) is 3.74. The molecule has 1 spiro atoms. The molecule has 0 bridgehead atoms. The molecule has 5 amide bonds. The smallest absolute Gasteiger partial charge is 0.324 e. The number of hydrogen-bond donors (Lipinski definition) is 1. The SMILES string of the molecule is Cc1cc(-c2sc(NC(=O)N3CCC4(CC3)C(=O)N(C)C(=O)N4C)nc2-c2cccc(C#N)c2)cc(C)n1. The van der Waals surface area contributed by atoms with Gasteiger partial charge in [-0.15, -0.1) is 0 Å². The van der Waals surface area contributed by atoms with Crippen LogP contribution in [0.2, 0.25) is 0 Å². The lowest BCUT2D eigenvalue weighted by Crippen LogP contribution is -2.56. The van der Waals surface area contributed by atoms with Gasteiger partial charge in [0.1, 0.15) is 5.54 Å². The summed E-state index contributed by atoms with van der Waals surface area (Å²) in [6.07, 6.45) is 0.743. The molecule has 2 aliphatic rings. The van der Waals surface area contributed by atoms with Crippen LogP contribution in [0.3, 0.4) is 0 Å². The molecule has 11 heteroatoms. The zero-order valence-corrected chi connectivity index (χ0v) is 22.4. The molecule has 5 rings (SSSR count). The van der Waals surface area contributed by atoms with Crippen molar-refractivity contribution in [3.63, 3.8) is 0 Å². The van der Waals surface area contributed by atoms with Crippen LogP contribution >= 0.6 is 11.3 Å². The number of aromatic nitrogens is 2. The Bertz CT molecular complexity index is 1480. The lowest BCUT2D eigenvalue weighted by Gasteiger charge is -2.40. The molecule has 38 heavy (non-hydrogen) atoms. The van der Waals surface area contributed by atoms with E-state index in [0.29, 0.717) is 42.3 Å². The number of nitriles is 1. The number of benzene rings is 1. The standard InChI is InChI=1S/C27H27N7O3S/c1-16-12-20(13-17(2)29-16)22-21(19-7-5-6-18(14-19)15-28)30-24(38-22)31-25(36)34-10-8-27(9-11-34)23(35)32(3)26(37)33(27)4/h5-7,12-14H,8-11H2,1-4H3,(H,30,31,36). The number of carbonyl (C=O) groups excluding carboxylic acids is 3. The Morgan fingerprint density at radius 3 is 2.34 bits per heavy atom. The van der Waals surface area contributed by atoms with Crippen LogP contribution in [0, 0.1) is 25.2 Å². The third kappa shape index (κ3) is 4.26. The van der Waals surface area contributed by atoms with E-state index in [1.165, 1.54) is 23.3 Å². The van der Waals surface area contributed by atoms with Crippen LogP contribution in [0.4, 0.5) is 14.7 Å². The molecule has 3 aromatic rings. The number of likely N-dealkylation sites (tertiary alicyclic amines) is 1. The number of imide groups is 1. The van der Waals surface area contributed by atoms with Crippen molar-refractivity contribution in [3.8, 4) is 27.8 Å². The van der Waals surface area contributed by atoms with Gasteiger partial charge in [-0.3, -0.25) is 20.0 Å². The molecule has 0 unspecified atom stereocenters. The number of nitrogens with one attached hydrogen (secondary N) is 1. The summed E-state index contributed by atoms with van der Waals surface area (Å²) >= 11 is 1.36. The van der Waals surface area contributed by atoms with E-state index in [4.69, 9.17) is 4.98 Å². The molecular formula is C27H27N7O3S. The first kappa shape index (κ1) is 25.4. The molecule has 194 valence electrons. The molecule has 2 aliphatic heterocycles. The predicted molar refractivity (Wildman–Crippen MR) is 143 cm³/mol. The van der Waals surface area contributed by atoms with Crippen LogP contribution in [0.15, 0.2) is 36.4 Å². The van der Waals surface area contributed by atoms with E-state index in [2.05, 4.69) is 16.4 Å². The Kier molecular flexibility index (Phi) is 6.36. The van der Waals surface area contributed by atoms with Gasteiger partial charge in [-0.25, -0.2) is 14.6 Å². The number of urea groups is 2. The minimum atomic E-state index is -0.896. The van der Waals surface area contributed by atoms with Gasteiger partial charge in [0.2, 0.25) is 0 Å². The number of pyridine rings is 1. The highest BCUT2D eigenvalue weighted by Crippen LogP contribution is 2.40. The van der Waals surface area contributed by atoms with Crippen molar-refractivity contribution >= 4 is 34.4 Å². The van der Waals surface area contributed by atoms with Gasteiger partial charge >= 0.3 is 12.1 Å². The van der Waals surface area contributed by atoms with Gasteiger partial charge in [0.25, 0.3) is 5.91 Å². The van der Waals surface area contributed by atoms with Gasteiger partial charge in [0, 0.05) is 44.1 Å². The predicted octanol–water partition coefficient (Wildman–Crippen LogP) is 4.25. The molecule has 2 saturated heterocycles. The van der Waals surface area contributed by atoms with E-state index in [1.807, 2.05) is 38.1 Å². The summed E-state index contributed by atoms with van der Waals surface area (Å²) in [6, 6.07) is 12.7. The number of anilines is 1. The van der Waals surface area contributed by atoms with E-state index >= 15 is 0 Å². The van der Waals surface area contributed by atoms with E-state index in [1.54, 1.807) is 24.1 Å². The van der Waals surface area contributed by atoms with Gasteiger partial charge in [-0.2, -0.15) is 5.26 Å². The zero-order chi connectivity index (χ0) is 27.2. The number of piperidine rings is 1. The Balaban J connectivity index is 1.41. The average Bonchev–Trinajstić information content (AvgIpc) is 3.39. The third-order valence-corrected chi connectivity index (χ3v) is 8.27. The molecule has 0 radical (unpaired) electrons. The second-order valence-electron chi connectivity index (χ2n) is 9.68. The second-order valence-corrected chi connectivity index (χ2v) is 10.7. The first-order chi connectivity index (χ1) is 18.1. The van der Waals surface area contributed by atoms with Gasteiger partial charge < -0.3 is 9.80 Å². The van der Waals surface area contributed by atoms with Crippen molar-refractivity contribution in [3.05, 3.63) is 53.3 Å². The maximum atomic E-state index is 13.2. The molecule has 1 aromatic carbocycles. The largest absolute Gasteiger partial charge is 0.327 e. The van der Waals surface area contributed by atoms with Crippen molar-refractivity contribution in [1.82, 2.24) is 24.7 Å². The van der Waals surface area contributed by atoms with Crippen molar-refractivity contribution in [2.24, 2.45) is 0 Å². The molecule has 1 N–H and O–H groups in total. The van der Waals surface area contributed by atoms with Gasteiger partial charge in [-0.1, -0.05) is 23.5 Å². The van der Waals surface area contributed by atoms with Gasteiger partial charge in [0.05, 0.1) is 22.2 Å². The van der Waals surface area contributed by atoms with Crippen molar-refractivity contribution < 1.29 is 14.4 Å². The summed E-state index contributed by atoms with van der Waals surface area (Å²) in [7, 11) is 3.13. The van der Waals surface area contributed by atoms with E-state index in [0.717, 1.165) is 32.3 Å². The van der Waals surface area contributed by atoms with Gasteiger partial charge in [-0.05, 0) is 56.5 Å². The van der Waals surface area contributed by atoms with Crippen LogP contribution in [0.25, 0.3) is 21.7 Å². The molecule has 2 fully saturated rings. The molecule has 10 nitrogen and oxygen atoms in total. The molecule has 0 saturated carbocycles. The van der Waals surface area contributed by atoms with Crippen LogP contribution in [0.1, 0.15) is 29.8 Å². The quantitative estimate of drug-likeness (QED) is 0.506. The topological polar surface area (TPSA) is 123 Å². The second kappa shape index (κ2) is 9.54. The lowest BCUT2D eigenvalue weighted by atomic mass is 9.86. The Morgan fingerprint density at radius 2 is 1.74 bits per heavy atom. The minimum absolute atomic E-state index is 0.221. The van der Waals surface area contributed by atoms with Crippen LogP contribution in [-0.2, 0) is 4.79 Å². The van der Waals surface area contributed by atoms with Crippen LogP contribution < -0.4 is 5.32 Å². The third-order valence-electron chi connectivity index (χ3n) is 7.25. The minimum Gasteiger partial charge on any atom is -0.324 e. The van der Waals surface area contributed by atoms with E-state index in [9.17, 15) is 19.6 Å². The normalized spacial score (nSPS) is 16.8. The average molecular weight is 530 g/mol. The highest BCUT2D eigenvalue weighted by atomic mass is 32.1. The van der Waals surface area contributed by atoms with Crippen molar-refractivity contribution in [2.45, 2.75) is 32.2 Å². The maximum absolute atomic E-state index is 13.2. The fourth-order valence-corrected chi connectivity index (χ4v) is 6.18. The summed E-state index contributed by atoms with van der Waals surface area (Å²) in [4.78, 5) is 52.7. The lowest BCUT2D eigenvalue weighted by molar-refractivity contribution is -0.134. The molecular weight excluding hydrogens is 502 g/mol. The molecule has 0 aliphatic carbocycles. The molecule has 0 atom stereocenters. The number of nitrogens with zero attached hydrogens (tertiary/aromatic N) is 6. The number of rotatable bonds is 3. The number of carbonyl (C=O) groups is 3. The number of hydrogen-bond acceptors (Lipinski definition) is 7. The number of aryl methyl sites for hydroxylation is 2. The summed E-state index contributed by atoms with van der Waals surface area (Å²) in [6.45, 7) is 4.52.